The second-order valence-electron chi connectivity index (χ2n) is 5.52. The van der Waals surface area contributed by atoms with E-state index in [1.165, 1.54) is 14.2 Å². The van der Waals surface area contributed by atoms with Gasteiger partial charge < -0.3 is 24.4 Å². The number of anilines is 1. The third-order valence-electron chi connectivity index (χ3n) is 3.88. The molecule has 3 aromatic rings. The molecule has 0 fully saturated rings. The first-order valence-corrected chi connectivity index (χ1v) is 9.97. The van der Waals surface area contributed by atoms with Crippen molar-refractivity contribution in [2.75, 3.05) is 27.1 Å². The fourth-order valence-corrected chi connectivity index (χ4v) is 4.34. The van der Waals surface area contributed by atoms with Gasteiger partial charge in [-0.05, 0) is 24.3 Å². The van der Waals surface area contributed by atoms with Gasteiger partial charge in [0.1, 0.15) is 15.6 Å². The number of carbonyl (C=O) groups excluding carboxylic acids is 2. The van der Waals surface area contributed by atoms with Gasteiger partial charge in [0.25, 0.3) is 5.22 Å². The largest absolute Gasteiger partial charge is 0.497 e. The Morgan fingerprint density at radius 1 is 1.10 bits per heavy atom. The second-order valence-corrected chi connectivity index (χ2v) is 7.50. The molecule has 0 saturated heterocycles. The molecule has 9 nitrogen and oxygen atoms in total. The number of nitrogens with zero attached hydrogens (tertiary/aromatic N) is 2. The van der Waals surface area contributed by atoms with E-state index >= 15 is 0 Å². The lowest BCUT2D eigenvalue weighted by Gasteiger charge is -2.04. The molecule has 0 saturated carbocycles. The highest BCUT2D eigenvalue weighted by molar-refractivity contribution is 7.98. The maximum absolute atomic E-state index is 12.1. The summed E-state index contributed by atoms with van der Waals surface area (Å²) in [7, 11) is 4.08. The Kier molecular flexibility index (Phi) is 6.39. The maximum Gasteiger partial charge on any atom is 0.348 e. The minimum Gasteiger partial charge on any atom is -0.497 e. The van der Waals surface area contributed by atoms with Crippen molar-refractivity contribution >= 4 is 40.0 Å². The summed E-state index contributed by atoms with van der Waals surface area (Å²) in [5.41, 5.74) is 7.20. The number of ether oxygens (including phenoxy) is 3. The monoisotopic (exact) mass is 435 g/mol. The van der Waals surface area contributed by atoms with Crippen molar-refractivity contribution in [2.24, 2.45) is 0 Å². The molecule has 0 bridgehead atoms. The molecule has 3 rings (SSSR count). The number of nitrogen functional groups attached to an aromatic ring is 1. The minimum absolute atomic E-state index is 0.139. The standard InChI is InChI=1S/C18H17N3O6S2/c1-24-10-6-4-9(5-7-10)15-20-21-18(27-15)28-8-11-12(16(22)25-2)14(19)29-13(11)17(23)26-3/h4-7H,8,19H2,1-3H3. The summed E-state index contributed by atoms with van der Waals surface area (Å²) < 4.78 is 20.4. The number of aromatic nitrogens is 2. The van der Waals surface area contributed by atoms with Gasteiger partial charge in [-0.2, -0.15) is 0 Å². The highest BCUT2D eigenvalue weighted by Gasteiger charge is 2.27. The molecule has 0 aliphatic heterocycles. The molecular weight excluding hydrogens is 418 g/mol. The zero-order valence-electron chi connectivity index (χ0n) is 15.8. The van der Waals surface area contributed by atoms with Crippen molar-refractivity contribution in [3.8, 4) is 17.2 Å². The van der Waals surface area contributed by atoms with E-state index in [-0.39, 0.29) is 26.4 Å². The summed E-state index contributed by atoms with van der Waals surface area (Å²) in [5, 5.41) is 8.47. The van der Waals surface area contributed by atoms with Crippen molar-refractivity contribution in [3.63, 3.8) is 0 Å². The van der Waals surface area contributed by atoms with E-state index in [9.17, 15) is 9.59 Å². The van der Waals surface area contributed by atoms with Crippen molar-refractivity contribution in [3.05, 3.63) is 40.3 Å². The molecule has 29 heavy (non-hydrogen) atoms. The van der Waals surface area contributed by atoms with Crippen LogP contribution in [0.5, 0.6) is 5.75 Å². The quantitative estimate of drug-likeness (QED) is 0.436. The molecule has 0 aliphatic carbocycles. The molecule has 2 N–H and O–H groups in total. The van der Waals surface area contributed by atoms with Crippen LogP contribution in [0.15, 0.2) is 33.9 Å². The van der Waals surface area contributed by atoms with Gasteiger partial charge in [0.2, 0.25) is 5.89 Å². The highest BCUT2D eigenvalue weighted by Crippen LogP contribution is 2.36. The predicted molar refractivity (Wildman–Crippen MR) is 107 cm³/mol. The van der Waals surface area contributed by atoms with Gasteiger partial charge in [-0.1, -0.05) is 11.8 Å². The second kappa shape index (κ2) is 8.97. The number of thiophene rings is 1. The molecule has 0 spiro atoms. The summed E-state index contributed by atoms with van der Waals surface area (Å²) in [5.74, 6) is 0.0168. The molecule has 2 heterocycles. The molecule has 1 aromatic carbocycles. The number of esters is 2. The molecule has 11 heteroatoms. The summed E-state index contributed by atoms with van der Waals surface area (Å²) in [4.78, 5) is 24.4. The fraction of sp³-hybridized carbons (Fsp3) is 0.222. The average Bonchev–Trinajstić information content (AvgIpc) is 3.35. The van der Waals surface area contributed by atoms with E-state index in [1.54, 1.807) is 31.4 Å². The fourth-order valence-electron chi connectivity index (χ4n) is 2.46. The van der Waals surface area contributed by atoms with Crippen LogP contribution in [0.25, 0.3) is 11.5 Å². The molecule has 0 atom stereocenters. The number of methoxy groups -OCH3 is 3. The summed E-state index contributed by atoms with van der Waals surface area (Å²) in [6.45, 7) is 0. The van der Waals surface area contributed by atoms with E-state index in [2.05, 4.69) is 10.2 Å². The third kappa shape index (κ3) is 4.35. The van der Waals surface area contributed by atoms with Crippen LogP contribution in [0, 0.1) is 0 Å². The van der Waals surface area contributed by atoms with E-state index < -0.39 is 11.9 Å². The summed E-state index contributed by atoms with van der Waals surface area (Å²) in [6.07, 6.45) is 0. The lowest BCUT2D eigenvalue weighted by atomic mass is 10.1. The van der Waals surface area contributed by atoms with Crippen molar-refractivity contribution in [1.29, 1.82) is 0 Å². The van der Waals surface area contributed by atoms with Crippen LogP contribution in [0.4, 0.5) is 5.00 Å². The Morgan fingerprint density at radius 3 is 2.41 bits per heavy atom. The molecule has 0 aliphatic rings. The van der Waals surface area contributed by atoms with Gasteiger partial charge in [-0.25, -0.2) is 9.59 Å². The van der Waals surface area contributed by atoms with E-state index in [0.717, 1.165) is 28.7 Å². The third-order valence-corrected chi connectivity index (χ3v) is 5.76. The van der Waals surface area contributed by atoms with Crippen LogP contribution in [-0.2, 0) is 15.2 Å². The van der Waals surface area contributed by atoms with Gasteiger partial charge in [-0.15, -0.1) is 21.5 Å². The molecule has 0 amide bonds. The van der Waals surface area contributed by atoms with Gasteiger partial charge in [0.05, 0.1) is 26.9 Å². The Labute approximate surface area is 174 Å². The summed E-state index contributed by atoms with van der Waals surface area (Å²) in [6, 6.07) is 7.16. The van der Waals surface area contributed by atoms with Gasteiger partial charge in [0, 0.05) is 16.9 Å². The minimum atomic E-state index is -0.631. The van der Waals surface area contributed by atoms with Gasteiger partial charge >= 0.3 is 11.9 Å². The normalized spacial score (nSPS) is 10.6. The smallest absolute Gasteiger partial charge is 0.348 e. The van der Waals surface area contributed by atoms with Crippen LogP contribution in [0.2, 0.25) is 0 Å². The number of hydrogen-bond acceptors (Lipinski definition) is 11. The molecule has 152 valence electrons. The number of nitrogens with two attached hydrogens (primary N) is 1. The highest BCUT2D eigenvalue weighted by atomic mass is 32.2. The Hall–Kier alpha value is -3.05. The molecule has 0 unspecified atom stereocenters. The van der Waals surface area contributed by atoms with Crippen LogP contribution in [0.1, 0.15) is 25.6 Å². The number of rotatable bonds is 7. The molecule has 2 aromatic heterocycles. The first-order chi connectivity index (χ1) is 14.0. The van der Waals surface area contributed by atoms with Crippen LogP contribution < -0.4 is 10.5 Å². The Bertz CT molecular complexity index is 1030. The lowest BCUT2D eigenvalue weighted by molar-refractivity contribution is 0.0601. The van der Waals surface area contributed by atoms with Gasteiger partial charge in [0.15, 0.2) is 0 Å². The zero-order valence-corrected chi connectivity index (χ0v) is 17.4. The van der Waals surface area contributed by atoms with E-state index in [0.29, 0.717) is 17.2 Å². The number of benzene rings is 1. The summed E-state index contributed by atoms with van der Waals surface area (Å²) >= 11 is 2.13. The Balaban J connectivity index is 1.83. The predicted octanol–water partition coefficient (Wildman–Crippen LogP) is 3.25. The molecular formula is C18H17N3O6S2. The Morgan fingerprint density at radius 2 is 1.79 bits per heavy atom. The van der Waals surface area contributed by atoms with Crippen molar-refractivity contribution < 1.29 is 28.2 Å². The first kappa shape index (κ1) is 20.7. The van der Waals surface area contributed by atoms with Crippen molar-refractivity contribution in [1.82, 2.24) is 10.2 Å². The van der Waals surface area contributed by atoms with Crippen molar-refractivity contribution in [2.45, 2.75) is 11.0 Å². The molecule has 0 radical (unpaired) electrons. The SMILES string of the molecule is COC(=O)c1sc(N)c(C(=O)OC)c1CSc1nnc(-c2ccc(OC)cc2)o1. The van der Waals surface area contributed by atoms with Crippen LogP contribution in [-0.4, -0.2) is 43.5 Å². The average molecular weight is 435 g/mol. The van der Waals surface area contributed by atoms with E-state index in [1.807, 2.05) is 0 Å². The maximum atomic E-state index is 12.1. The van der Waals surface area contributed by atoms with E-state index in [4.69, 9.17) is 24.4 Å². The first-order valence-electron chi connectivity index (χ1n) is 8.17. The van der Waals surface area contributed by atoms with Crippen LogP contribution in [0.3, 0.4) is 0 Å². The zero-order chi connectivity index (χ0) is 21.0. The van der Waals surface area contributed by atoms with Crippen LogP contribution >= 0.6 is 23.1 Å². The number of thioether (sulfide) groups is 1. The number of carbonyl (C=O) groups is 2. The van der Waals surface area contributed by atoms with Gasteiger partial charge in [-0.3, -0.25) is 0 Å². The number of hydrogen-bond donors (Lipinski definition) is 1. The topological polar surface area (TPSA) is 127 Å². The lowest BCUT2D eigenvalue weighted by Crippen LogP contribution is -2.08.